The van der Waals surface area contributed by atoms with Crippen molar-refractivity contribution in [3.8, 4) is 0 Å². The van der Waals surface area contributed by atoms with E-state index in [1.54, 1.807) is 12.1 Å². The number of nitrogens with one attached hydrogen (secondary N) is 2. The van der Waals surface area contributed by atoms with Gasteiger partial charge < -0.3 is 0 Å². The zero-order valence-electron chi connectivity index (χ0n) is 8.70. The van der Waals surface area contributed by atoms with Crippen molar-refractivity contribution in [2.45, 2.75) is 3.43 Å². The molecule has 2 rings (SSSR count). The van der Waals surface area contributed by atoms with Gasteiger partial charge in [-0.3, -0.25) is 0 Å². The molecule has 1 saturated heterocycles. The number of amides is 4. The van der Waals surface area contributed by atoms with Gasteiger partial charge >= 0.3 is 115 Å². The van der Waals surface area contributed by atoms with Gasteiger partial charge in [-0.25, -0.2) is 0 Å². The summed E-state index contributed by atoms with van der Waals surface area (Å²) in [5, 5.41) is 4.84. The number of benzene rings is 1. The van der Waals surface area contributed by atoms with E-state index in [2.05, 4.69) is 10.6 Å². The molecule has 0 bridgehead atoms. The van der Waals surface area contributed by atoms with E-state index in [9.17, 15) is 14.4 Å². The first-order valence-corrected chi connectivity index (χ1v) is 11.3. The second-order valence-electron chi connectivity index (χ2n) is 3.69. The molecule has 1 heterocycles. The van der Waals surface area contributed by atoms with Crippen molar-refractivity contribution in [1.82, 2.24) is 10.6 Å². The first kappa shape index (κ1) is 12.5. The van der Waals surface area contributed by atoms with Gasteiger partial charge in [0, 0.05) is 0 Å². The van der Waals surface area contributed by atoms with E-state index in [0.717, 1.165) is 3.07 Å². The van der Waals surface area contributed by atoms with Crippen LogP contribution in [0.1, 0.15) is 0 Å². The van der Waals surface area contributed by atoms with Crippen LogP contribution in [0.3, 0.4) is 0 Å². The molecule has 0 spiro atoms. The third-order valence-corrected chi connectivity index (χ3v) is 10.8. The molecule has 1 aromatic carbocycles. The van der Waals surface area contributed by atoms with Crippen LogP contribution >= 0.6 is 11.6 Å². The van der Waals surface area contributed by atoms with Gasteiger partial charge in [0.15, 0.2) is 0 Å². The molecular formula is C10H7ClHgN2O3. The van der Waals surface area contributed by atoms with Gasteiger partial charge in [0.25, 0.3) is 0 Å². The molecular weight excluding hydrogens is 432 g/mol. The van der Waals surface area contributed by atoms with Crippen LogP contribution in [0.2, 0.25) is 8.45 Å². The first-order valence-electron chi connectivity index (χ1n) is 4.96. The summed E-state index contributed by atoms with van der Waals surface area (Å²) in [6.45, 7) is 0. The Kier molecular flexibility index (Phi) is 3.78. The molecule has 0 aromatic heterocycles. The average molecular weight is 439 g/mol. The van der Waals surface area contributed by atoms with Crippen molar-refractivity contribution < 1.29 is 39.0 Å². The van der Waals surface area contributed by atoms with Gasteiger partial charge in [0.1, 0.15) is 0 Å². The van der Waals surface area contributed by atoms with Crippen molar-refractivity contribution in [1.29, 1.82) is 0 Å². The van der Waals surface area contributed by atoms with Crippen LogP contribution in [0.25, 0.3) is 0 Å². The van der Waals surface area contributed by atoms with Crippen LogP contribution < -0.4 is 13.7 Å². The number of carbonyl (C=O) groups excluding carboxylic acids is 3. The molecule has 4 amide bonds. The van der Waals surface area contributed by atoms with E-state index >= 15 is 0 Å². The second kappa shape index (κ2) is 5.14. The summed E-state index contributed by atoms with van der Waals surface area (Å²) in [5.41, 5.74) is 0. The molecule has 0 aliphatic carbocycles. The standard InChI is InChI=1S/C6H4Cl.C4H3N2O3.Hg/c7-6-4-2-1-3-5-6;7-2-1-3(8)6-4(9)5-2;/h2-5H;1H,(H2,5,6,7,8,9);. The van der Waals surface area contributed by atoms with Crippen LogP contribution in [0, 0.1) is 0 Å². The molecule has 0 unspecified atom stereocenters. The van der Waals surface area contributed by atoms with E-state index in [-0.39, 0.29) is 0 Å². The molecule has 2 N–H and O–H groups in total. The molecule has 1 aliphatic heterocycles. The van der Waals surface area contributed by atoms with E-state index < -0.39 is 45.8 Å². The fourth-order valence-electron chi connectivity index (χ4n) is 1.59. The Balaban J connectivity index is 2.12. The van der Waals surface area contributed by atoms with Gasteiger partial charge in [0.2, 0.25) is 0 Å². The van der Waals surface area contributed by atoms with E-state index in [0.29, 0.717) is 5.02 Å². The Morgan fingerprint density at radius 3 is 2.06 bits per heavy atom. The number of hydrogen-bond donors (Lipinski definition) is 2. The normalized spacial score (nSPS) is 16.2. The van der Waals surface area contributed by atoms with Crippen molar-refractivity contribution in [3.63, 3.8) is 0 Å². The Bertz CT molecular complexity index is 469. The molecule has 7 heteroatoms. The summed E-state index contributed by atoms with van der Waals surface area (Å²) >= 11 is 3.81. The maximum absolute atomic E-state index is 11.5. The molecule has 17 heavy (non-hydrogen) atoms. The zero-order valence-corrected chi connectivity index (χ0v) is 15.0. The SMILES string of the molecule is O=C1NC(=O)[CH]([Hg][c]2ccc(Cl)cc2)C(=O)N1. The summed E-state index contributed by atoms with van der Waals surface area (Å²) in [6, 6.07) is 6.41. The van der Waals surface area contributed by atoms with Gasteiger partial charge in [0.05, 0.1) is 0 Å². The van der Waals surface area contributed by atoms with E-state index in [1.807, 2.05) is 12.1 Å². The Labute approximate surface area is 114 Å². The summed E-state index contributed by atoms with van der Waals surface area (Å²) in [4.78, 5) is 33.9. The summed E-state index contributed by atoms with van der Waals surface area (Å²) < 4.78 is 0.368. The van der Waals surface area contributed by atoms with E-state index in [4.69, 9.17) is 11.6 Å². The summed E-state index contributed by atoms with van der Waals surface area (Å²) in [7, 11) is 0. The number of carbonyl (C=O) groups is 3. The van der Waals surface area contributed by atoms with Crippen molar-refractivity contribution in [2.24, 2.45) is 0 Å². The van der Waals surface area contributed by atoms with E-state index in [1.165, 1.54) is 0 Å². The first-order chi connectivity index (χ1) is 8.06. The third kappa shape index (κ3) is 3.04. The van der Waals surface area contributed by atoms with Gasteiger partial charge in [-0.05, 0) is 0 Å². The Hall–Kier alpha value is -0.945. The summed E-state index contributed by atoms with van der Waals surface area (Å²) in [5.74, 6) is -0.953. The van der Waals surface area contributed by atoms with Crippen LogP contribution in [-0.2, 0) is 34.2 Å². The number of hydrogen-bond acceptors (Lipinski definition) is 3. The molecule has 0 saturated carbocycles. The predicted molar refractivity (Wildman–Crippen MR) is 56.5 cm³/mol. The number of rotatable bonds is 2. The number of barbiturate groups is 1. The van der Waals surface area contributed by atoms with Crippen LogP contribution in [0.5, 0.6) is 0 Å². The fraction of sp³-hybridized carbons (Fsp3) is 0.100. The van der Waals surface area contributed by atoms with Gasteiger partial charge in [-0.2, -0.15) is 0 Å². The van der Waals surface area contributed by atoms with Crippen LogP contribution in [0.4, 0.5) is 4.79 Å². The Morgan fingerprint density at radius 1 is 1.00 bits per heavy atom. The van der Waals surface area contributed by atoms with Crippen LogP contribution in [0.15, 0.2) is 24.3 Å². The predicted octanol–water partition coefficient (Wildman–Crippen LogP) is 0.202. The fourth-order valence-corrected chi connectivity index (χ4v) is 7.76. The minimum absolute atomic E-state index is 0.477. The topological polar surface area (TPSA) is 75.3 Å². The van der Waals surface area contributed by atoms with Crippen LogP contribution in [-0.4, -0.2) is 17.8 Å². The monoisotopic (exact) mass is 440 g/mol. The average Bonchev–Trinajstić information content (AvgIpc) is 2.26. The molecule has 5 nitrogen and oxygen atoms in total. The zero-order chi connectivity index (χ0) is 12.4. The Morgan fingerprint density at radius 2 is 1.53 bits per heavy atom. The van der Waals surface area contributed by atoms with Crippen molar-refractivity contribution in [3.05, 3.63) is 29.3 Å². The van der Waals surface area contributed by atoms with Crippen molar-refractivity contribution in [2.75, 3.05) is 0 Å². The molecule has 1 fully saturated rings. The molecule has 0 radical (unpaired) electrons. The molecule has 0 atom stereocenters. The van der Waals surface area contributed by atoms with Gasteiger partial charge in [-0.1, -0.05) is 0 Å². The molecule has 1 aliphatic rings. The third-order valence-electron chi connectivity index (χ3n) is 2.46. The van der Waals surface area contributed by atoms with Crippen molar-refractivity contribution >= 4 is 32.5 Å². The second-order valence-corrected chi connectivity index (χ2v) is 12.1. The quantitative estimate of drug-likeness (QED) is 0.511. The van der Waals surface area contributed by atoms with Gasteiger partial charge in [-0.15, -0.1) is 0 Å². The summed E-state index contributed by atoms with van der Waals surface area (Å²) in [6.07, 6.45) is 0. The number of urea groups is 1. The maximum atomic E-state index is 11.5. The molecule has 1 aromatic rings. The minimum atomic E-state index is -1.94. The molecule has 84 valence electrons. The number of halogens is 1. The number of imide groups is 2.